The summed E-state index contributed by atoms with van der Waals surface area (Å²) in [6.07, 6.45) is 7.95. The molecule has 3 aliphatic rings. The fraction of sp³-hybridized carbons (Fsp3) is 0.938. The predicted molar refractivity (Wildman–Crippen MR) is 81.9 cm³/mol. The summed E-state index contributed by atoms with van der Waals surface area (Å²) in [6, 6.07) is 0. The van der Waals surface area contributed by atoms with E-state index in [1.807, 2.05) is 0 Å². The number of fused-ring (bicyclic) bond motifs is 1. The van der Waals surface area contributed by atoms with Crippen LogP contribution in [0.25, 0.3) is 0 Å². The average molecular weight is 295 g/mol. The first-order chi connectivity index (χ1) is 10.1. The predicted octanol–water partition coefficient (Wildman–Crippen LogP) is 0.780. The smallest absolute Gasteiger partial charge is 0.230 e. The third-order valence-electron chi connectivity index (χ3n) is 5.74. The Morgan fingerprint density at radius 2 is 2.05 bits per heavy atom. The van der Waals surface area contributed by atoms with Crippen LogP contribution in [0.15, 0.2) is 0 Å². The van der Waals surface area contributed by atoms with E-state index in [1.165, 1.54) is 25.7 Å². The van der Waals surface area contributed by atoms with Crippen LogP contribution in [0.1, 0.15) is 44.9 Å². The van der Waals surface area contributed by atoms with Crippen molar-refractivity contribution in [3.63, 3.8) is 0 Å². The van der Waals surface area contributed by atoms with Crippen LogP contribution >= 0.6 is 0 Å². The number of nitrogens with one attached hydrogen (secondary N) is 2. The number of ether oxygens (including phenoxy) is 1. The van der Waals surface area contributed by atoms with Gasteiger partial charge in [-0.25, -0.2) is 0 Å². The minimum absolute atomic E-state index is 0.145. The molecule has 5 heteroatoms. The molecule has 3 fully saturated rings. The van der Waals surface area contributed by atoms with E-state index in [0.717, 1.165) is 39.0 Å². The van der Waals surface area contributed by atoms with Gasteiger partial charge >= 0.3 is 0 Å². The van der Waals surface area contributed by atoms with Crippen molar-refractivity contribution in [1.82, 2.24) is 10.6 Å². The molecule has 0 spiro atoms. The highest BCUT2D eigenvalue weighted by molar-refractivity contribution is 5.84. The van der Waals surface area contributed by atoms with Gasteiger partial charge in [0.15, 0.2) is 0 Å². The van der Waals surface area contributed by atoms with Crippen molar-refractivity contribution in [3.8, 4) is 0 Å². The molecule has 0 aromatic heterocycles. The third-order valence-corrected chi connectivity index (χ3v) is 5.74. The fourth-order valence-corrected chi connectivity index (χ4v) is 4.21. The van der Waals surface area contributed by atoms with Crippen LogP contribution < -0.4 is 16.4 Å². The SMILES string of the molecule is NC1(CNC(=O)[C@]23CNC[C@H]2CCOC3)CCCCCC1. The summed E-state index contributed by atoms with van der Waals surface area (Å²) >= 11 is 0. The van der Waals surface area contributed by atoms with Gasteiger partial charge in [-0.05, 0) is 31.7 Å². The van der Waals surface area contributed by atoms with E-state index >= 15 is 0 Å². The number of hydrogen-bond donors (Lipinski definition) is 3. The topological polar surface area (TPSA) is 76.4 Å². The monoisotopic (exact) mass is 295 g/mol. The van der Waals surface area contributed by atoms with Gasteiger partial charge in [-0.1, -0.05) is 25.7 Å². The van der Waals surface area contributed by atoms with E-state index in [0.29, 0.717) is 19.1 Å². The molecule has 1 saturated carbocycles. The van der Waals surface area contributed by atoms with E-state index in [4.69, 9.17) is 10.5 Å². The highest BCUT2D eigenvalue weighted by atomic mass is 16.5. The first kappa shape index (κ1) is 15.3. The van der Waals surface area contributed by atoms with Gasteiger partial charge in [0.2, 0.25) is 5.91 Å². The molecule has 21 heavy (non-hydrogen) atoms. The molecule has 1 amide bonds. The molecular formula is C16H29N3O2. The zero-order valence-electron chi connectivity index (χ0n) is 13.0. The number of amides is 1. The van der Waals surface area contributed by atoms with Crippen LogP contribution in [0.3, 0.4) is 0 Å². The van der Waals surface area contributed by atoms with Gasteiger partial charge in [0.25, 0.3) is 0 Å². The molecule has 5 nitrogen and oxygen atoms in total. The van der Waals surface area contributed by atoms with Crippen LogP contribution in [-0.2, 0) is 9.53 Å². The minimum Gasteiger partial charge on any atom is -0.380 e. The molecule has 4 N–H and O–H groups in total. The zero-order chi connectivity index (χ0) is 14.8. The van der Waals surface area contributed by atoms with Crippen molar-refractivity contribution in [2.24, 2.45) is 17.1 Å². The van der Waals surface area contributed by atoms with Gasteiger partial charge in [0, 0.05) is 25.2 Å². The number of hydrogen-bond acceptors (Lipinski definition) is 4. The Kier molecular flexibility index (Phi) is 4.52. The second-order valence-corrected chi connectivity index (χ2v) is 7.28. The van der Waals surface area contributed by atoms with E-state index in [2.05, 4.69) is 10.6 Å². The summed E-state index contributed by atoms with van der Waals surface area (Å²) in [5.74, 6) is 0.556. The molecule has 0 aromatic rings. The van der Waals surface area contributed by atoms with Crippen molar-refractivity contribution in [2.45, 2.75) is 50.5 Å². The molecular weight excluding hydrogens is 266 g/mol. The molecule has 2 saturated heterocycles. The van der Waals surface area contributed by atoms with Crippen molar-refractivity contribution in [3.05, 3.63) is 0 Å². The summed E-state index contributed by atoms with van der Waals surface area (Å²) in [5.41, 5.74) is 5.94. The molecule has 1 aliphatic carbocycles. The Labute approximate surface area is 127 Å². The summed E-state index contributed by atoms with van der Waals surface area (Å²) in [6.45, 7) is 3.61. The quantitative estimate of drug-likeness (QED) is 0.673. The maximum atomic E-state index is 12.8. The van der Waals surface area contributed by atoms with Crippen LogP contribution in [0.2, 0.25) is 0 Å². The Balaban J connectivity index is 1.60. The van der Waals surface area contributed by atoms with Crippen molar-refractivity contribution in [1.29, 1.82) is 0 Å². The second kappa shape index (κ2) is 6.23. The molecule has 0 radical (unpaired) electrons. The highest BCUT2D eigenvalue weighted by Gasteiger charge is 2.51. The molecule has 2 heterocycles. The van der Waals surface area contributed by atoms with Gasteiger partial charge < -0.3 is 21.1 Å². The molecule has 3 rings (SSSR count). The molecule has 120 valence electrons. The van der Waals surface area contributed by atoms with Gasteiger partial charge in [0.1, 0.15) is 0 Å². The fourth-order valence-electron chi connectivity index (χ4n) is 4.21. The Hall–Kier alpha value is -0.650. The Bertz CT molecular complexity index is 380. The van der Waals surface area contributed by atoms with Crippen molar-refractivity contribution >= 4 is 5.91 Å². The van der Waals surface area contributed by atoms with Gasteiger partial charge in [-0.3, -0.25) is 4.79 Å². The number of rotatable bonds is 3. The van der Waals surface area contributed by atoms with Gasteiger partial charge in [0.05, 0.1) is 12.0 Å². The third kappa shape index (κ3) is 3.10. The largest absolute Gasteiger partial charge is 0.380 e. The summed E-state index contributed by atoms with van der Waals surface area (Å²) < 4.78 is 5.61. The van der Waals surface area contributed by atoms with E-state index in [1.54, 1.807) is 0 Å². The normalized spacial score (nSPS) is 35.8. The van der Waals surface area contributed by atoms with Crippen LogP contribution in [0, 0.1) is 11.3 Å². The standard InChI is InChI=1S/C16H29N3O2/c17-15(6-3-1-2-4-7-15)10-19-14(20)16-11-18-9-13(16)5-8-21-12-16/h13,18H,1-12,17H2,(H,19,20)/t13-,16+/m1/s1. The van der Waals surface area contributed by atoms with Crippen molar-refractivity contribution < 1.29 is 9.53 Å². The lowest BCUT2D eigenvalue weighted by molar-refractivity contribution is -0.141. The second-order valence-electron chi connectivity index (χ2n) is 7.28. The lowest BCUT2D eigenvalue weighted by Gasteiger charge is -2.38. The minimum atomic E-state index is -0.362. The van der Waals surface area contributed by atoms with Crippen LogP contribution in [-0.4, -0.2) is 44.3 Å². The number of carbonyl (C=O) groups is 1. The lowest BCUT2D eigenvalue weighted by atomic mass is 9.74. The molecule has 2 aliphatic heterocycles. The van der Waals surface area contributed by atoms with Gasteiger partial charge in [-0.2, -0.15) is 0 Å². The molecule has 0 unspecified atom stereocenters. The Morgan fingerprint density at radius 3 is 2.81 bits per heavy atom. The molecule has 2 atom stereocenters. The maximum absolute atomic E-state index is 12.8. The lowest BCUT2D eigenvalue weighted by Crippen LogP contribution is -2.56. The van der Waals surface area contributed by atoms with Crippen molar-refractivity contribution in [2.75, 3.05) is 32.8 Å². The van der Waals surface area contributed by atoms with E-state index < -0.39 is 0 Å². The molecule has 0 aromatic carbocycles. The average Bonchev–Trinajstić information content (AvgIpc) is 2.82. The summed E-state index contributed by atoms with van der Waals surface area (Å²) in [5, 5.41) is 6.54. The first-order valence-electron chi connectivity index (χ1n) is 8.50. The van der Waals surface area contributed by atoms with Crippen LogP contribution in [0.4, 0.5) is 0 Å². The van der Waals surface area contributed by atoms with E-state index in [9.17, 15) is 4.79 Å². The summed E-state index contributed by atoms with van der Waals surface area (Å²) in [7, 11) is 0. The molecule has 0 bridgehead atoms. The first-order valence-corrected chi connectivity index (χ1v) is 8.50. The highest BCUT2D eigenvalue weighted by Crippen LogP contribution is 2.38. The Morgan fingerprint density at radius 1 is 1.29 bits per heavy atom. The van der Waals surface area contributed by atoms with Gasteiger partial charge in [-0.15, -0.1) is 0 Å². The number of carbonyl (C=O) groups excluding carboxylic acids is 1. The maximum Gasteiger partial charge on any atom is 0.230 e. The summed E-state index contributed by atoms with van der Waals surface area (Å²) in [4.78, 5) is 12.8. The number of nitrogens with two attached hydrogens (primary N) is 1. The van der Waals surface area contributed by atoms with Crippen LogP contribution in [0.5, 0.6) is 0 Å². The zero-order valence-corrected chi connectivity index (χ0v) is 13.0. The van der Waals surface area contributed by atoms with E-state index in [-0.39, 0.29) is 16.9 Å².